The van der Waals surface area contributed by atoms with Crippen molar-refractivity contribution in [2.24, 2.45) is 0 Å². The molecule has 1 amide bonds. The van der Waals surface area contributed by atoms with Gasteiger partial charge in [-0.25, -0.2) is 0 Å². The number of carboxylic acid groups (broad SMARTS) is 1. The number of rotatable bonds is 8. The Bertz CT molecular complexity index is 534. The fourth-order valence-corrected chi connectivity index (χ4v) is 1.96. The van der Waals surface area contributed by atoms with Crippen LogP contribution >= 0.6 is 11.6 Å². The first-order valence-corrected chi connectivity index (χ1v) is 6.52. The summed E-state index contributed by atoms with van der Waals surface area (Å²) in [5, 5.41) is 11.8. The number of nitrogens with one attached hydrogen (secondary N) is 1. The van der Waals surface area contributed by atoms with Crippen LogP contribution in [0.5, 0.6) is 5.75 Å². The number of carbonyl (C=O) groups is 2. The van der Waals surface area contributed by atoms with E-state index in [0.29, 0.717) is 23.0 Å². The molecule has 0 aliphatic carbocycles. The highest BCUT2D eigenvalue weighted by Gasteiger charge is 2.13. The third-order valence-corrected chi connectivity index (χ3v) is 2.84. The van der Waals surface area contributed by atoms with Crippen LogP contribution in [0.3, 0.4) is 0 Å². The van der Waals surface area contributed by atoms with Crippen LogP contribution < -0.4 is 10.1 Å². The average molecular weight is 313 g/mol. The van der Waals surface area contributed by atoms with Crippen LogP contribution in [0, 0.1) is 0 Å². The molecule has 0 saturated carbocycles. The molecule has 1 aromatic carbocycles. The third-order valence-electron chi connectivity index (χ3n) is 2.55. The molecule has 2 N–H and O–H groups in total. The van der Waals surface area contributed by atoms with Gasteiger partial charge in [0.1, 0.15) is 5.75 Å². The quantitative estimate of drug-likeness (QED) is 0.716. The Morgan fingerprint density at radius 2 is 2.19 bits per heavy atom. The normalized spacial score (nSPS) is 10.2. The van der Waals surface area contributed by atoms with Gasteiger partial charge in [-0.2, -0.15) is 0 Å². The maximum absolute atomic E-state index is 11.9. The number of anilines is 1. The topological polar surface area (TPSA) is 78.9 Å². The molecule has 7 heteroatoms. The summed E-state index contributed by atoms with van der Waals surface area (Å²) in [4.78, 5) is 24.0. The Hall–Kier alpha value is -2.05. The van der Waals surface area contributed by atoms with Gasteiger partial charge in [-0.15, -0.1) is 6.58 Å². The zero-order chi connectivity index (χ0) is 15.8. The molecule has 0 aromatic heterocycles. The molecular weight excluding hydrogens is 296 g/mol. The van der Waals surface area contributed by atoms with Crippen LogP contribution in [-0.2, 0) is 9.59 Å². The lowest BCUT2D eigenvalue weighted by Crippen LogP contribution is -2.37. The van der Waals surface area contributed by atoms with Crippen molar-refractivity contribution in [3.05, 3.63) is 35.9 Å². The molecule has 0 unspecified atom stereocenters. The van der Waals surface area contributed by atoms with E-state index in [9.17, 15) is 9.59 Å². The van der Waals surface area contributed by atoms with Crippen molar-refractivity contribution in [2.75, 3.05) is 32.1 Å². The van der Waals surface area contributed by atoms with E-state index >= 15 is 0 Å². The van der Waals surface area contributed by atoms with Crippen molar-refractivity contribution in [1.29, 1.82) is 0 Å². The summed E-state index contributed by atoms with van der Waals surface area (Å²) < 4.78 is 5.02. The first-order chi connectivity index (χ1) is 9.96. The third kappa shape index (κ3) is 5.85. The lowest BCUT2D eigenvalue weighted by molar-refractivity contribution is -0.138. The van der Waals surface area contributed by atoms with Crippen molar-refractivity contribution in [1.82, 2.24) is 4.90 Å². The van der Waals surface area contributed by atoms with E-state index < -0.39 is 5.97 Å². The zero-order valence-electron chi connectivity index (χ0n) is 11.6. The van der Waals surface area contributed by atoms with E-state index in [1.165, 1.54) is 12.0 Å². The van der Waals surface area contributed by atoms with Crippen LogP contribution in [0.4, 0.5) is 5.69 Å². The van der Waals surface area contributed by atoms with Crippen molar-refractivity contribution in [3.8, 4) is 5.75 Å². The van der Waals surface area contributed by atoms with Gasteiger partial charge in [-0.1, -0.05) is 17.7 Å². The monoisotopic (exact) mass is 312 g/mol. The fraction of sp³-hybridized carbons (Fsp3) is 0.286. The molecule has 0 saturated heterocycles. The number of methoxy groups -OCH3 is 1. The van der Waals surface area contributed by atoms with Crippen LogP contribution in [0.15, 0.2) is 30.9 Å². The van der Waals surface area contributed by atoms with Gasteiger partial charge in [-0.3, -0.25) is 14.5 Å². The molecule has 0 atom stereocenters. The van der Waals surface area contributed by atoms with E-state index in [1.807, 2.05) is 0 Å². The van der Waals surface area contributed by atoms with E-state index in [0.717, 1.165) is 0 Å². The molecular formula is C14H17ClN2O4. The minimum absolute atomic E-state index is 0.0536. The van der Waals surface area contributed by atoms with Crippen molar-refractivity contribution < 1.29 is 19.4 Å². The molecule has 6 nitrogen and oxygen atoms in total. The van der Waals surface area contributed by atoms with E-state index in [-0.39, 0.29) is 19.0 Å². The number of hydrogen-bond donors (Lipinski definition) is 2. The standard InChI is InChI=1S/C14H17ClN2O4/c1-3-6-17(9-14(19)20)8-13(18)16-10-4-5-12(21-2)11(15)7-10/h3-5,7H,1,6,8-9H2,2H3,(H,16,18)(H,19,20). The van der Waals surface area contributed by atoms with Crippen molar-refractivity contribution in [2.45, 2.75) is 0 Å². The summed E-state index contributed by atoms with van der Waals surface area (Å²) in [6.45, 7) is 3.55. The summed E-state index contributed by atoms with van der Waals surface area (Å²) in [5.74, 6) is -0.828. The number of carboxylic acids is 1. The van der Waals surface area contributed by atoms with Gasteiger partial charge >= 0.3 is 5.97 Å². The van der Waals surface area contributed by atoms with Gasteiger partial charge in [0, 0.05) is 12.2 Å². The van der Waals surface area contributed by atoms with Gasteiger partial charge in [0.15, 0.2) is 0 Å². The van der Waals surface area contributed by atoms with Gasteiger partial charge in [0.2, 0.25) is 5.91 Å². The first-order valence-electron chi connectivity index (χ1n) is 6.14. The van der Waals surface area contributed by atoms with Crippen molar-refractivity contribution in [3.63, 3.8) is 0 Å². The predicted octanol–water partition coefficient (Wildman–Crippen LogP) is 1.86. The second-order valence-corrected chi connectivity index (χ2v) is 4.66. The Balaban J connectivity index is 2.64. The molecule has 0 fully saturated rings. The van der Waals surface area contributed by atoms with Crippen LogP contribution in [0.25, 0.3) is 0 Å². The molecule has 0 bridgehead atoms. The molecule has 1 rings (SSSR count). The summed E-state index contributed by atoms with van der Waals surface area (Å²) in [6.07, 6.45) is 1.54. The van der Waals surface area contributed by atoms with Crippen LogP contribution in [0.1, 0.15) is 0 Å². The number of amides is 1. The van der Waals surface area contributed by atoms with Crippen molar-refractivity contribution >= 4 is 29.2 Å². The Morgan fingerprint density at radius 1 is 1.48 bits per heavy atom. The number of carbonyl (C=O) groups excluding carboxylic acids is 1. The minimum Gasteiger partial charge on any atom is -0.495 e. The van der Waals surface area contributed by atoms with E-state index in [2.05, 4.69) is 11.9 Å². The highest BCUT2D eigenvalue weighted by Crippen LogP contribution is 2.27. The maximum atomic E-state index is 11.9. The summed E-state index contributed by atoms with van der Waals surface area (Å²) in [5.41, 5.74) is 0.514. The summed E-state index contributed by atoms with van der Waals surface area (Å²) in [6, 6.07) is 4.85. The number of benzene rings is 1. The summed E-state index contributed by atoms with van der Waals surface area (Å²) in [7, 11) is 1.50. The molecule has 21 heavy (non-hydrogen) atoms. The number of hydrogen-bond acceptors (Lipinski definition) is 4. The second kappa shape index (κ2) is 8.28. The molecule has 0 aliphatic heterocycles. The van der Waals surface area contributed by atoms with Gasteiger partial charge in [-0.05, 0) is 18.2 Å². The SMILES string of the molecule is C=CCN(CC(=O)O)CC(=O)Nc1ccc(OC)c(Cl)c1. The lowest BCUT2D eigenvalue weighted by Gasteiger charge is -2.17. The van der Waals surface area contributed by atoms with Crippen LogP contribution in [-0.4, -0.2) is 48.6 Å². The Morgan fingerprint density at radius 3 is 2.71 bits per heavy atom. The molecule has 114 valence electrons. The smallest absolute Gasteiger partial charge is 0.317 e. The largest absolute Gasteiger partial charge is 0.495 e. The van der Waals surface area contributed by atoms with Gasteiger partial charge in [0.25, 0.3) is 0 Å². The lowest BCUT2D eigenvalue weighted by atomic mass is 10.3. The van der Waals surface area contributed by atoms with Gasteiger partial charge in [0.05, 0.1) is 25.2 Å². The molecule has 0 spiro atoms. The average Bonchev–Trinajstić information content (AvgIpc) is 2.38. The molecule has 0 radical (unpaired) electrons. The molecule has 0 heterocycles. The van der Waals surface area contributed by atoms with Crippen LogP contribution in [0.2, 0.25) is 5.02 Å². The number of aliphatic carboxylic acids is 1. The highest BCUT2D eigenvalue weighted by molar-refractivity contribution is 6.32. The van der Waals surface area contributed by atoms with E-state index in [4.69, 9.17) is 21.4 Å². The minimum atomic E-state index is -1.00. The van der Waals surface area contributed by atoms with Gasteiger partial charge < -0.3 is 15.2 Å². The number of nitrogens with zero attached hydrogens (tertiary/aromatic N) is 1. The highest BCUT2D eigenvalue weighted by atomic mass is 35.5. The maximum Gasteiger partial charge on any atom is 0.317 e. The zero-order valence-corrected chi connectivity index (χ0v) is 12.4. The Kier molecular flexibility index (Phi) is 6.71. The number of halogens is 1. The first kappa shape index (κ1) is 17.0. The molecule has 0 aliphatic rings. The summed E-state index contributed by atoms with van der Waals surface area (Å²) >= 11 is 5.96. The Labute approximate surface area is 128 Å². The van der Waals surface area contributed by atoms with E-state index in [1.54, 1.807) is 24.3 Å². The second-order valence-electron chi connectivity index (χ2n) is 4.25. The fourth-order valence-electron chi connectivity index (χ4n) is 1.71. The number of ether oxygens (including phenoxy) is 1. The predicted molar refractivity (Wildman–Crippen MR) is 80.9 cm³/mol. The molecule has 1 aromatic rings.